The normalized spacial score (nSPS) is 12.0. The fraction of sp³-hybridized carbons (Fsp3) is 0.240. The highest BCUT2D eigenvalue weighted by Crippen LogP contribution is 2.30. The minimum absolute atomic E-state index is 0.123. The summed E-state index contributed by atoms with van der Waals surface area (Å²) in [5.74, 6) is 0.694. The number of methoxy groups -OCH3 is 2. The Kier molecular flexibility index (Phi) is 7.60. The van der Waals surface area contributed by atoms with Crippen LogP contribution in [0.5, 0.6) is 11.5 Å². The summed E-state index contributed by atoms with van der Waals surface area (Å²) in [6, 6.07) is 20.1. The maximum atomic E-state index is 13.4. The van der Waals surface area contributed by atoms with Crippen LogP contribution in [-0.4, -0.2) is 35.1 Å². The molecule has 3 aromatic carbocycles. The van der Waals surface area contributed by atoms with Gasteiger partial charge in [-0.3, -0.25) is 9.10 Å². The molecule has 0 radical (unpaired) electrons. The molecule has 1 N–H and O–H groups in total. The van der Waals surface area contributed by atoms with Gasteiger partial charge in [-0.1, -0.05) is 42.0 Å². The van der Waals surface area contributed by atoms with Crippen molar-refractivity contribution in [3.63, 3.8) is 0 Å². The Labute approximate surface area is 195 Å². The van der Waals surface area contributed by atoms with Gasteiger partial charge in [0.05, 0.1) is 30.8 Å². The average molecular weight is 469 g/mol. The first-order valence-electron chi connectivity index (χ1n) is 10.4. The lowest BCUT2D eigenvalue weighted by atomic mass is 10.1. The Morgan fingerprint density at radius 1 is 0.939 bits per heavy atom. The average Bonchev–Trinajstić information content (AvgIpc) is 2.82. The fourth-order valence-corrected chi connectivity index (χ4v) is 4.79. The number of ether oxygens (including phenoxy) is 2. The van der Waals surface area contributed by atoms with Crippen LogP contribution in [0.15, 0.2) is 77.7 Å². The summed E-state index contributed by atoms with van der Waals surface area (Å²) in [7, 11) is -0.859. The van der Waals surface area contributed by atoms with Gasteiger partial charge in [0, 0.05) is 0 Å². The van der Waals surface area contributed by atoms with Gasteiger partial charge in [0.15, 0.2) is 11.5 Å². The van der Waals surface area contributed by atoms with E-state index in [2.05, 4.69) is 5.32 Å². The van der Waals surface area contributed by atoms with Crippen molar-refractivity contribution < 1.29 is 22.7 Å². The van der Waals surface area contributed by atoms with Crippen molar-refractivity contribution >= 4 is 21.6 Å². The van der Waals surface area contributed by atoms with E-state index >= 15 is 0 Å². The molecule has 3 aromatic rings. The second-order valence-corrected chi connectivity index (χ2v) is 9.43. The monoisotopic (exact) mass is 468 g/mol. The van der Waals surface area contributed by atoms with Crippen LogP contribution >= 0.6 is 0 Å². The number of amides is 1. The highest BCUT2D eigenvalue weighted by Gasteiger charge is 2.27. The summed E-state index contributed by atoms with van der Waals surface area (Å²) in [5, 5.41) is 2.88. The molecule has 0 heterocycles. The number of para-hydroxylation sites is 1. The summed E-state index contributed by atoms with van der Waals surface area (Å²) in [4.78, 5) is 13.1. The van der Waals surface area contributed by atoms with Gasteiger partial charge in [-0.2, -0.15) is 0 Å². The standard InChI is InChI=1S/C25H28N2O5S/c1-18-10-13-22(14-11-18)33(29,30)27(21-8-6-5-7-9-21)17-25(28)26-19(2)20-12-15-23(31-3)24(16-20)32-4/h5-16,19H,17H2,1-4H3,(H,26,28)/t19-/m1/s1. The van der Waals surface area contributed by atoms with E-state index in [1.54, 1.807) is 80.9 Å². The molecule has 0 bridgehead atoms. The van der Waals surface area contributed by atoms with E-state index in [-0.39, 0.29) is 17.5 Å². The minimum Gasteiger partial charge on any atom is -0.493 e. The minimum atomic E-state index is -3.95. The number of hydrogen-bond acceptors (Lipinski definition) is 5. The summed E-state index contributed by atoms with van der Waals surface area (Å²) in [6.45, 7) is 3.34. The van der Waals surface area contributed by atoms with Crippen molar-refractivity contribution in [3.05, 3.63) is 83.9 Å². The molecular weight excluding hydrogens is 440 g/mol. The van der Waals surface area contributed by atoms with E-state index in [9.17, 15) is 13.2 Å². The highest BCUT2D eigenvalue weighted by molar-refractivity contribution is 7.92. The number of sulfonamides is 1. The van der Waals surface area contributed by atoms with Crippen LogP contribution in [0.2, 0.25) is 0 Å². The van der Waals surface area contributed by atoms with E-state index in [0.717, 1.165) is 15.4 Å². The number of hydrogen-bond donors (Lipinski definition) is 1. The Morgan fingerprint density at radius 2 is 1.58 bits per heavy atom. The molecule has 0 aliphatic rings. The van der Waals surface area contributed by atoms with Gasteiger partial charge in [0.1, 0.15) is 6.54 Å². The van der Waals surface area contributed by atoms with Crippen LogP contribution < -0.4 is 19.1 Å². The van der Waals surface area contributed by atoms with Crippen molar-refractivity contribution in [2.45, 2.75) is 24.8 Å². The van der Waals surface area contributed by atoms with Gasteiger partial charge in [-0.15, -0.1) is 0 Å². The third-order valence-electron chi connectivity index (χ3n) is 5.23. The second-order valence-electron chi connectivity index (χ2n) is 7.56. The largest absolute Gasteiger partial charge is 0.493 e. The summed E-state index contributed by atoms with van der Waals surface area (Å²) in [6.07, 6.45) is 0. The molecule has 7 nitrogen and oxygen atoms in total. The van der Waals surface area contributed by atoms with Crippen LogP contribution in [0.3, 0.4) is 0 Å². The van der Waals surface area contributed by atoms with Gasteiger partial charge in [-0.25, -0.2) is 8.42 Å². The Bertz CT molecular complexity index is 1200. The Morgan fingerprint density at radius 3 is 2.18 bits per heavy atom. The van der Waals surface area contributed by atoms with Crippen LogP contribution in [0.4, 0.5) is 5.69 Å². The smallest absolute Gasteiger partial charge is 0.264 e. The van der Waals surface area contributed by atoms with Crippen molar-refractivity contribution in [2.75, 3.05) is 25.1 Å². The zero-order valence-electron chi connectivity index (χ0n) is 19.1. The maximum Gasteiger partial charge on any atom is 0.264 e. The first kappa shape index (κ1) is 24.1. The Balaban J connectivity index is 1.84. The number of rotatable bonds is 9. The topological polar surface area (TPSA) is 84.9 Å². The lowest BCUT2D eigenvalue weighted by Gasteiger charge is -2.25. The molecule has 1 atom stereocenters. The maximum absolute atomic E-state index is 13.4. The van der Waals surface area contributed by atoms with Crippen LogP contribution in [0.25, 0.3) is 0 Å². The van der Waals surface area contributed by atoms with E-state index in [0.29, 0.717) is 17.2 Å². The molecule has 0 aliphatic heterocycles. The molecule has 0 saturated heterocycles. The Hall–Kier alpha value is -3.52. The van der Waals surface area contributed by atoms with E-state index in [1.807, 2.05) is 19.9 Å². The van der Waals surface area contributed by atoms with Crippen LogP contribution in [0.1, 0.15) is 24.1 Å². The molecule has 0 spiro atoms. The summed E-state index contributed by atoms with van der Waals surface area (Å²) in [5.41, 5.74) is 2.15. The summed E-state index contributed by atoms with van der Waals surface area (Å²) < 4.78 is 38.5. The predicted molar refractivity (Wildman–Crippen MR) is 128 cm³/mol. The molecule has 0 unspecified atom stereocenters. The molecule has 0 fully saturated rings. The van der Waals surface area contributed by atoms with E-state index in [4.69, 9.17) is 9.47 Å². The van der Waals surface area contributed by atoms with Gasteiger partial charge >= 0.3 is 0 Å². The zero-order valence-corrected chi connectivity index (χ0v) is 19.9. The molecule has 8 heteroatoms. The molecule has 0 aliphatic carbocycles. The first-order valence-corrected chi connectivity index (χ1v) is 11.9. The van der Waals surface area contributed by atoms with Crippen LogP contribution in [-0.2, 0) is 14.8 Å². The van der Waals surface area contributed by atoms with Gasteiger partial charge < -0.3 is 14.8 Å². The number of aryl methyl sites for hydroxylation is 1. The van der Waals surface area contributed by atoms with Gasteiger partial charge in [-0.05, 0) is 55.8 Å². The van der Waals surface area contributed by atoms with E-state index in [1.165, 1.54) is 0 Å². The third kappa shape index (κ3) is 5.64. The highest BCUT2D eigenvalue weighted by atomic mass is 32.2. The number of carbonyl (C=O) groups is 1. The quantitative estimate of drug-likeness (QED) is 0.511. The van der Waals surface area contributed by atoms with Crippen molar-refractivity contribution in [1.29, 1.82) is 0 Å². The fourth-order valence-electron chi connectivity index (χ4n) is 3.37. The van der Waals surface area contributed by atoms with Gasteiger partial charge in [0.2, 0.25) is 5.91 Å². The van der Waals surface area contributed by atoms with Crippen molar-refractivity contribution in [3.8, 4) is 11.5 Å². The number of nitrogens with zero attached hydrogens (tertiary/aromatic N) is 1. The van der Waals surface area contributed by atoms with Gasteiger partial charge in [0.25, 0.3) is 10.0 Å². The molecule has 33 heavy (non-hydrogen) atoms. The third-order valence-corrected chi connectivity index (χ3v) is 7.01. The number of benzene rings is 3. The number of anilines is 1. The molecule has 1 amide bonds. The number of nitrogens with one attached hydrogen (secondary N) is 1. The summed E-state index contributed by atoms with van der Waals surface area (Å²) >= 11 is 0. The molecule has 3 rings (SSSR count). The first-order chi connectivity index (χ1) is 15.8. The van der Waals surface area contributed by atoms with E-state index < -0.39 is 15.9 Å². The SMILES string of the molecule is COc1ccc([C@@H](C)NC(=O)CN(c2ccccc2)S(=O)(=O)c2ccc(C)cc2)cc1OC. The van der Waals surface area contributed by atoms with Crippen molar-refractivity contribution in [2.24, 2.45) is 0 Å². The molecular formula is C25H28N2O5S. The second kappa shape index (κ2) is 10.4. The lowest BCUT2D eigenvalue weighted by molar-refractivity contribution is -0.120. The lowest BCUT2D eigenvalue weighted by Crippen LogP contribution is -2.41. The zero-order chi connectivity index (χ0) is 24.0. The molecule has 174 valence electrons. The predicted octanol–water partition coefficient (Wildman–Crippen LogP) is 4.08. The molecule has 0 aromatic heterocycles. The number of carbonyl (C=O) groups excluding carboxylic acids is 1. The molecule has 0 saturated carbocycles. The van der Waals surface area contributed by atoms with Crippen molar-refractivity contribution in [1.82, 2.24) is 5.32 Å². The van der Waals surface area contributed by atoms with Crippen LogP contribution in [0, 0.1) is 6.92 Å².